The average molecular weight is 325 g/mol. The third-order valence-corrected chi connectivity index (χ3v) is 4.69. The number of hydrogen-bond donors (Lipinski definition) is 1. The van der Waals surface area contributed by atoms with Crippen molar-refractivity contribution in [3.63, 3.8) is 0 Å². The normalized spacial score (nSPS) is 18.6. The summed E-state index contributed by atoms with van der Waals surface area (Å²) in [5, 5.41) is 3.71. The lowest BCUT2D eigenvalue weighted by Crippen LogP contribution is -2.40. The van der Waals surface area contributed by atoms with E-state index in [9.17, 15) is 0 Å². The van der Waals surface area contributed by atoms with E-state index >= 15 is 0 Å². The Morgan fingerprint density at radius 1 is 1.32 bits per heavy atom. The number of nitrogens with one attached hydrogen (secondary N) is 1. The van der Waals surface area contributed by atoms with Gasteiger partial charge in [-0.15, -0.1) is 0 Å². The molecule has 0 aliphatic heterocycles. The first-order valence-corrected chi connectivity index (χ1v) is 8.12. The number of hydrogen-bond acceptors (Lipinski definition) is 2. The zero-order valence-electron chi connectivity index (χ0n) is 12.2. The van der Waals surface area contributed by atoms with E-state index < -0.39 is 0 Å². The second-order valence-corrected chi connectivity index (χ2v) is 6.58. The summed E-state index contributed by atoms with van der Waals surface area (Å²) in [4.78, 5) is 2.52. The molecule has 1 aliphatic rings. The summed E-state index contributed by atoms with van der Waals surface area (Å²) in [5.74, 6) is 0. The second-order valence-electron chi connectivity index (χ2n) is 5.67. The highest BCUT2D eigenvalue weighted by Gasteiger charge is 2.29. The quantitative estimate of drug-likeness (QED) is 0.816. The predicted octanol–water partition coefficient (Wildman–Crippen LogP) is 3.97. The van der Waals surface area contributed by atoms with Crippen molar-refractivity contribution < 1.29 is 0 Å². The van der Waals surface area contributed by atoms with Crippen molar-refractivity contribution in [2.24, 2.45) is 0 Å². The van der Waals surface area contributed by atoms with Crippen molar-refractivity contribution >= 4 is 15.9 Å². The van der Waals surface area contributed by atoms with Crippen LogP contribution < -0.4 is 5.32 Å². The maximum absolute atomic E-state index is 3.71. The lowest BCUT2D eigenvalue weighted by Gasteiger charge is -2.27. The molecule has 0 amide bonds. The molecule has 0 saturated heterocycles. The molecule has 0 heterocycles. The molecule has 1 N–H and O–H groups in total. The summed E-state index contributed by atoms with van der Waals surface area (Å²) in [6, 6.07) is 10.6. The molecule has 106 valence electrons. The molecule has 19 heavy (non-hydrogen) atoms. The van der Waals surface area contributed by atoms with E-state index in [1.54, 1.807) is 0 Å². The molecule has 1 aromatic rings. The summed E-state index contributed by atoms with van der Waals surface area (Å²) in [6.45, 7) is 5.62. The summed E-state index contributed by atoms with van der Waals surface area (Å²) in [6.07, 6.45) is 3.89. The molecule has 1 saturated carbocycles. The van der Waals surface area contributed by atoms with Crippen LogP contribution in [0.3, 0.4) is 0 Å². The molecule has 3 heteroatoms. The lowest BCUT2D eigenvalue weighted by molar-refractivity contribution is 0.235. The van der Waals surface area contributed by atoms with Crippen molar-refractivity contribution in [2.45, 2.75) is 51.2 Å². The van der Waals surface area contributed by atoms with E-state index in [-0.39, 0.29) is 0 Å². The Morgan fingerprint density at radius 2 is 1.95 bits per heavy atom. The van der Waals surface area contributed by atoms with Crippen molar-refractivity contribution in [3.8, 4) is 0 Å². The first-order chi connectivity index (χ1) is 9.11. The highest BCUT2D eigenvalue weighted by atomic mass is 79.9. The van der Waals surface area contributed by atoms with Gasteiger partial charge in [0.2, 0.25) is 0 Å². The van der Waals surface area contributed by atoms with Gasteiger partial charge in [0, 0.05) is 29.1 Å². The van der Waals surface area contributed by atoms with E-state index in [0.717, 1.165) is 23.5 Å². The van der Waals surface area contributed by atoms with Crippen LogP contribution in [0.4, 0.5) is 0 Å². The van der Waals surface area contributed by atoms with Gasteiger partial charge in [-0.2, -0.15) is 0 Å². The molecular weight excluding hydrogens is 300 g/mol. The van der Waals surface area contributed by atoms with Crippen LogP contribution >= 0.6 is 15.9 Å². The number of halogens is 1. The molecular formula is C16H25BrN2. The highest BCUT2D eigenvalue weighted by Crippen LogP contribution is 2.27. The standard InChI is InChI=1S/C16H25BrN2/c1-4-16(13-5-7-14(17)8-6-13)18-11-12(2)19(3)15-9-10-15/h5-8,12,15-16,18H,4,9-11H2,1-3H3. The molecule has 2 rings (SSSR count). The average Bonchev–Trinajstić information content (AvgIpc) is 3.24. The van der Waals surface area contributed by atoms with E-state index in [1.807, 2.05) is 0 Å². The zero-order valence-corrected chi connectivity index (χ0v) is 13.8. The molecule has 1 aromatic carbocycles. The minimum Gasteiger partial charge on any atom is -0.308 e. The fraction of sp³-hybridized carbons (Fsp3) is 0.625. The van der Waals surface area contributed by atoms with E-state index in [4.69, 9.17) is 0 Å². The molecule has 2 atom stereocenters. The van der Waals surface area contributed by atoms with Gasteiger partial charge >= 0.3 is 0 Å². The SMILES string of the molecule is CCC(NCC(C)N(C)C1CC1)c1ccc(Br)cc1. The van der Waals surface area contributed by atoms with E-state index in [2.05, 4.69) is 71.3 Å². The zero-order chi connectivity index (χ0) is 13.8. The Morgan fingerprint density at radius 3 is 2.47 bits per heavy atom. The van der Waals surface area contributed by atoms with Crippen molar-refractivity contribution in [1.29, 1.82) is 0 Å². The van der Waals surface area contributed by atoms with Crippen LogP contribution in [0.25, 0.3) is 0 Å². The molecule has 1 aliphatic carbocycles. The molecule has 0 spiro atoms. The first kappa shape index (κ1) is 15.0. The molecule has 0 aromatic heterocycles. The van der Waals surface area contributed by atoms with Gasteiger partial charge in [0.1, 0.15) is 0 Å². The van der Waals surface area contributed by atoms with Gasteiger partial charge < -0.3 is 5.32 Å². The topological polar surface area (TPSA) is 15.3 Å². The minimum atomic E-state index is 0.461. The fourth-order valence-corrected chi connectivity index (χ4v) is 2.76. The van der Waals surface area contributed by atoms with Gasteiger partial charge in [0.25, 0.3) is 0 Å². The van der Waals surface area contributed by atoms with Gasteiger partial charge in [-0.25, -0.2) is 0 Å². The van der Waals surface area contributed by atoms with Gasteiger partial charge in [-0.3, -0.25) is 4.90 Å². The Balaban J connectivity index is 1.86. The van der Waals surface area contributed by atoms with Crippen LogP contribution in [-0.2, 0) is 0 Å². The highest BCUT2D eigenvalue weighted by molar-refractivity contribution is 9.10. The lowest BCUT2D eigenvalue weighted by atomic mass is 10.0. The van der Waals surface area contributed by atoms with Crippen LogP contribution in [0.15, 0.2) is 28.7 Å². The number of rotatable bonds is 7. The minimum absolute atomic E-state index is 0.461. The van der Waals surface area contributed by atoms with Gasteiger partial charge in [0.15, 0.2) is 0 Å². The smallest absolute Gasteiger partial charge is 0.0318 e. The van der Waals surface area contributed by atoms with Crippen molar-refractivity contribution in [3.05, 3.63) is 34.3 Å². The van der Waals surface area contributed by atoms with Gasteiger partial charge in [-0.1, -0.05) is 35.0 Å². The Labute approximate surface area is 125 Å². The number of nitrogens with zero attached hydrogens (tertiary/aromatic N) is 1. The maximum atomic E-state index is 3.71. The largest absolute Gasteiger partial charge is 0.308 e. The third-order valence-electron chi connectivity index (χ3n) is 4.16. The summed E-state index contributed by atoms with van der Waals surface area (Å²) >= 11 is 3.49. The van der Waals surface area contributed by atoms with Gasteiger partial charge in [0.05, 0.1) is 0 Å². The number of likely N-dealkylation sites (N-methyl/N-ethyl adjacent to an activating group) is 1. The monoisotopic (exact) mass is 324 g/mol. The van der Waals surface area contributed by atoms with Crippen LogP contribution in [0, 0.1) is 0 Å². The van der Waals surface area contributed by atoms with Crippen LogP contribution in [-0.4, -0.2) is 30.6 Å². The predicted molar refractivity (Wildman–Crippen MR) is 85.4 cm³/mol. The van der Waals surface area contributed by atoms with Gasteiger partial charge in [-0.05, 0) is 50.9 Å². The van der Waals surface area contributed by atoms with Crippen LogP contribution in [0.5, 0.6) is 0 Å². The van der Waals surface area contributed by atoms with E-state index in [1.165, 1.54) is 18.4 Å². The maximum Gasteiger partial charge on any atom is 0.0318 e. The molecule has 0 bridgehead atoms. The molecule has 2 nitrogen and oxygen atoms in total. The van der Waals surface area contributed by atoms with Crippen LogP contribution in [0.1, 0.15) is 44.7 Å². The van der Waals surface area contributed by atoms with Crippen molar-refractivity contribution in [1.82, 2.24) is 10.2 Å². The molecule has 2 unspecified atom stereocenters. The Kier molecular flexibility index (Phi) is 5.43. The fourth-order valence-electron chi connectivity index (χ4n) is 2.49. The summed E-state index contributed by atoms with van der Waals surface area (Å²) in [5.41, 5.74) is 1.38. The molecule has 1 fully saturated rings. The first-order valence-electron chi connectivity index (χ1n) is 7.32. The van der Waals surface area contributed by atoms with Crippen LogP contribution in [0.2, 0.25) is 0 Å². The third kappa shape index (κ3) is 4.30. The number of benzene rings is 1. The van der Waals surface area contributed by atoms with Crippen molar-refractivity contribution in [2.75, 3.05) is 13.6 Å². The molecule has 0 radical (unpaired) electrons. The Bertz CT molecular complexity index is 386. The summed E-state index contributed by atoms with van der Waals surface area (Å²) in [7, 11) is 2.25. The Hall–Kier alpha value is -0.380. The summed E-state index contributed by atoms with van der Waals surface area (Å²) < 4.78 is 1.15. The van der Waals surface area contributed by atoms with E-state index in [0.29, 0.717) is 12.1 Å². The second kappa shape index (κ2) is 6.87.